The van der Waals surface area contributed by atoms with Gasteiger partial charge in [0.2, 0.25) is 9.84 Å². The third-order valence-corrected chi connectivity index (χ3v) is 3.65. The fraction of sp³-hybridized carbons (Fsp3) is 0.111. The summed E-state index contributed by atoms with van der Waals surface area (Å²) in [6.07, 6.45) is 1.36. The zero-order valence-corrected chi connectivity index (χ0v) is 9.48. The topological polar surface area (TPSA) is 34.1 Å². The second kappa shape index (κ2) is 4.82. The van der Waals surface area contributed by atoms with Crippen LogP contribution in [0.15, 0.2) is 40.6 Å². The maximum atomic E-state index is 11.6. The summed E-state index contributed by atoms with van der Waals surface area (Å²) in [5.41, 5.74) is 0. The largest absolute Gasteiger partial charge is 0.219 e. The molecule has 0 aliphatic heterocycles. The second-order valence-electron chi connectivity index (χ2n) is 2.50. The molecule has 0 saturated heterocycles. The number of allylic oxidation sites excluding steroid dienone is 1. The first-order chi connectivity index (χ1) is 6.58. The summed E-state index contributed by atoms with van der Waals surface area (Å²) in [4.78, 5) is 0.100. The van der Waals surface area contributed by atoms with E-state index in [1.54, 1.807) is 12.1 Å². The van der Waals surface area contributed by atoms with Crippen molar-refractivity contribution in [3.63, 3.8) is 0 Å². The van der Waals surface area contributed by atoms with Crippen LogP contribution in [0.5, 0.6) is 0 Å². The summed E-state index contributed by atoms with van der Waals surface area (Å²) in [6.45, 7) is 0. The van der Waals surface area contributed by atoms with Crippen LogP contribution in [0.3, 0.4) is 0 Å². The molecule has 1 rings (SSSR count). The van der Waals surface area contributed by atoms with E-state index in [1.807, 2.05) is 0 Å². The van der Waals surface area contributed by atoms with Gasteiger partial charge < -0.3 is 0 Å². The third-order valence-electron chi connectivity index (χ3n) is 1.51. The van der Waals surface area contributed by atoms with E-state index < -0.39 is 9.84 Å². The summed E-state index contributed by atoms with van der Waals surface area (Å²) < 4.78 is 23.2. The van der Waals surface area contributed by atoms with Crippen LogP contribution in [0, 0.1) is 0 Å². The van der Waals surface area contributed by atoms with Crippen molar-refractivity contribution in [3.8, 4) is 0 Å². The summed E-state index contributed by atoms with van der Waals surface area (Å²) in [6, 6.07) is 6.28. The molecule has 0 aliphatic carbocycles. The number of hydrogen-bond acceptors (Lipinski definition) is 2. The van der Waals surface area contributed by atoms with Gasteiger partial charge >= 0.3 is 0 Å². The van der Waals surface area contributed by atoms with E-state index >= 15 is 0 Å². The molecule has 0 radical (unpaired) electrons. The molecule has 0 N–H and O–H groups in total. The minimum Gasteiger partial charge on any atom is -0.219 e. The Morgan fingerprint density at radius 1 is 1.29 bits per heavy atom. The number of alkyl halides is 1. The number of halogens is 2. The van der Waals surface area contributed by atoms with Gasteiger partial charge in [0.1, 0.15) is 0 Å². The van der Waals surface area contributed by atoms with E-state index in [1.165, 1.54) is 18.2 Å². The first kappa shape index (κ1) is 11.6. The Kier molecular flexibility index (Phi) is 3.98. The molecular weight excluding hydrogens is 243 g/mol. The van der Waals surface area contributed by atoms with E-state index in [2.05, 4.69) is 0 Å². The van der Waals surface area contributed by atoms with Gasteiger partial charge in [0.25, 0.3) is 0 Å². The molecule has 0 heterocycles. The Balaban J connectivity index is 3.18. The third kappa shape index (κ3) is 2.74. The predicted octanol–water partition coefficient (Wildman–Crippen LogP) is 2.87. The highest BCUT2D eigenvalue weighted by Crippen LogP contribution is 2.22. The Bertz CT molecular complexity index is 438. The average Bonchev–Trinajstić information content (AvgIpc) is 2.15. The molecule has 0 fully saturated rings. The van der Waals surface area contributed by atoms with Crippen molar-refractivity contribution >= 4 is 33.0 Å². The maximum Gasteiger partial charge on any atom is 0.201 e. The summed E-state index contributed by atoms with van der Waals surface area (Å²) in [7, 11) is -3.45. The number of sulfone groups is 1. The van der Waals surface area contributed by atoms with Crippen molar-refractivity contribution in [1.82, 2.24) is 0 Å². The standard InChI is InChI=1S/C9H8Cl2O2S/c10-6-3-7-14(12,13)9-5-2-1-4-8(9)11/h1-5,7H,6H2/b7-3+. The van der Waals surface area contributed by atoms with Crippen LogP contribution in [-0.2, 0) is 9.84 Å². The SMILES string of the molecule is O=S(=O)(/C=C/CCl)c1ccccc1Cl. The van der Waals surface area contributed by atoms with Crippen LogP contribution >= 0.6 is 23.2 Å². The smallest absolute Gasteiger partial charge is 0.201 e. The molecule has 76 valence electrons. The second-order valence-corrected chi connectivity index (χ2v) is 5.02. The molecule has 14 heavy (non-hydrogen) atoms. The monoisotopic (exact) mass is 250 g/mol. The summed E-state index contributed by atoms with van der Waals surface area (Å²) >= 11 is 11.1. The minimum absolute atomic E-state index is 0.100. The van der Waals surface area contributed by atoms with E-state index in [-0.39, 0.29) is 15.8 Å². The van der Waals surface area contributed by atoms with Gasteiger partial charge in [-0.2, -0.15) is 0 Å². The van der Waals surface area contributed by atoms with Crippen molar-refractivity contribution in [2.75, 3.05) is 5.88 Å². The predicted molar refractivity (Wildman–Crippen MR) is 58.5 cm³/mol. The average molecular weight is 251 g/mol. The number of benzene rings is 1. The van der Waals surface area contributed by atoms with E-state index in [9.17, 15) is 8.42 Å². The lowest BCUT2D eigenvalue weighted by atomic mass is 10.4. The van der Waals surface area contributed by atoms with Crippen LogP contribution in [-0.4, -0.2) is 14.3 Å². The van der Waals surface area contributed by atoms with Gasteiger partial charge in [-0.15, -0.1) is 11.6 Å². The van der Waals surface area contributed by atoms with Gasteiger partial charge in [-0.1, -0.05) is 29.8 Å². The van der Waals surface area contributed by atoms with Crippen LogP contribution in [0.1, 0.15) is 0 Å². The van der Waals surface area contributed by atoms with Gasteiger partial charge in [0.05, 0.1) is 9.92 Å². The normalized spacial score (nSPS) is 12.1. The minimum atomic E-state index is -3.45. The lowest BCUT2D eigenvalue weighted by Gasteiger charge is -2.00. The Morgan fingerprint density at radius 3 is 2.50 bits per heavy atom. The van der Waals surface area contributed by atoms with Crippen molar-refractivity contribution < 1.29 is 8.42 Å². The molecule has 0 atom stereocenters. The molecule has 0 bridgehead atoms. The van der Waals surface area contributed by atoms with E-state index in [0.29, 0.717) is 0 Å². The molecule has 0 unspecified atom stereocenters. The summed E-state index contributed by atoms with van der Waals surface area (Å²) in [5, 5.41) is 1.27. The zero-order chi connectivity index (χ0) is 10.6. The van der Waals surface area contributed by atoms with E-state index in [4.69, 9.17) is 23.2 Å². The molecule has 0 saturated carbocycles. The fourth-order valence-electron chi connectivity index (χ4n) is 0.912. The van der Waals surface area contributed by atoms with Crippen LogP contribution in [0.4, 0.5) is 0 Å². The quantitative estimate of drug-likeness (QED) is 0.774. The highest BCUT2D eigenvalue weighted by molar-refractivity contribution is 7.94. The van der Waals surface area contributed by atoms with Gasteiger partial charge in [0.15, 0.2) is 0 Å². The van der Waals surface area contributed by atoms with Gasteiger partial charge in [-0.05, 0) is 12.1 Å². The lowest BCUT2D eigenvalue weighted by Crippen LogP contribution is -1.96. The molecular formula is C9H8Cl2O2S. The van der Waals surface area contributed by atoms with E-state index in [0.717, 1.165) is 5.41 Å². The Morgan fingerprint density at radius 2 is 1.93 bits per heavy atom. The van der Waals surface area contributed by atoms with Gasteiger partial charge in [-0.3, -0.25) is 0 Å². The number of rotatable bonds is 3. The van der Waals surface area contributed by atoms with Crippen LogP contribution < -0.4 is 0 Å². The molecule has 0 aliphatic rings. The molecule has 2 nitrogen and oxygen atoms in total. The fourth-order valence-corrected chi connectivity index (χ4v) is 2.67. The molecule has 1 aromatic rings. The highest BCUT2D eigenvalue weighted by atomic mass is 35.5. The first-order valence-corrected chi connectivity index (χ1v) is 6.26. The molecule has 0 spiro atoms. The molecule has 0 amide bonds. The maximum absolute atomic E-state index is 11.6. The molecule has 5 heteroatoms. The zero-order valence-electron chi connectivity index (χ0n) is 7.15. The first-order valence-electron chi connectivity index (χ1n) is 3.80. The lowest BCUT2D eigenvalue weighted by molar-refractivity contribution is 0.604. The molecule has 0 aromatic heterocycles. The van der Waals surface area contributed by atoms with Crippen molar-refractivity contribution in [1.29, 1.82) is 0 Å². The highest BCUT2D eigenvalue weighted by Gasteiger charge is 2.13. The molecule has 1 aromatic carbocycles. The Hall–Kier alpha value is -0.510. The van der Waals surface area contributed by atoms with Crippen LogP contribution in [0.2, 0.25) is 5.02 Å². The van der Waals surface area contributed by atoms with Crippen LogP contribution in [0.25, 0.3) is 0 Å². The number of hydrogen-bond donors (Lipinski definition) is 0. The van der Waals surface area contributed by atoms with Crippen molar-refractivity contribution in [2.24, 2.45) is 0 Å². The van der Waals surface area contributed by atoms with Crippen molar-refractivity contribution in [2.45, 2.75) is 4.90 Å². The van der Waals surface area contributed by atoms with Gasteiger partial charge in [-0.25, -0.2) is 8.42 Å². The Labute approximate surface area is 93.1 Å². The van der Waals surface area contributed by atoms with Gasteiger partial charge in [0, 0.05) is 11.3 Å². The van der Waals surface area contributed by atoms with Crippen molar-refractivity contribution in [3.05, 3.63) is 40.8 Å². The summed E-state index contributed by atoms with van der Waals surface area (Å²) in [5.74, 6) is 0.156.